The fourth-order valence-electron chi connectivity index (χ4n) is 2.58. The monoisotopic (exact) mass is 492 g/mol. The summed E-state index contributed by atoms with van der Waals surface area (Å²) in [4.78, 5) is 36.9. The molecular formula is C20H20N4O5S3. The average Bonchev–Trinajstić information content (AvgIpc) is 3.49. The zero-order valence-corrected chi connectivity index (χ0v) is 19.1. The Morgan fingerprint density at radius 1 is 0.844 bits per heavy atom. The van der Waals surface area contributed by atoms with Gasteiger partial charge in [0, 0.05) is 13.0 Å². The van der Waals surface area contributed by atoms with E-state index in [-0.39, 0.29) is 27.8 Å². The maximum atomic E-state index is 12.5. The molecule has 0 unspecified atom stereocenters. The number of sulfonamides is 1. The molecule has 9 nitrogen and oxygen atoms in total. The van der Waals surface area contributed by atoms with Crippen LogP contribution in [0.5, 0.6) is 0 Å². The van der Waals surface area contributed by atoms with Gasteiger partial charge in [0.25, 0.3) is 21.8 Å². The minimum atomic E-state index is -3.83. The van der Waals surface area contributed by atoms with Crippen LogP contribution in [-0.2, 0) is 14.8 Å². The molecule has 3 aromatic rings. The predicted octanol–water partition coefficient (Wildman–Crippen LogP) is 2.58. The van der Waals surface area contributed by atoms with Crippen LogP contribution in [0, 0.1) is 0 Å². The van der Waals surface area contributed by atoms with Crippen molar-refractivity contribution in [1.82, 2.24) is 16.2 Å². The number of para-hydroxylation sites is 1. The van der Waals surface area contributed by atoms with E-state index in [9.17, 15) is 22.8 Å². The van der Waals surface area contributed by atoms with Crippen LogP contribution in [0.2, 0.25) is 0 Å². The molecule has 0 aliphatic rings. The SMILES string of the molecule is O=C(CCCNC(=O)c1cccs1)NNC(=O)c1ccccc1NS(=O)(=O)c1cccs1. The van der Waals surface area contributed by atoms with Crippen molar-refractivity contribution in [2.75, 3.05) is 11.3 Å². The van der Waals surface area contributed by atoms with Crippen molar-refractivity contribution < 1.29 is 22.8 Å². The van der Waals surface area contributed by atoms with Gasteiger partial charge in [-0.05, 0) is 41.4 Å². The smallest absolute Gasteiger partial charge is 0.271 e. The molecule has 0 fully saturated rings. The molecule has 168 valence electrons. The van der Waals surface area contributed by atoms with Crippen LogP contribution in [0.1, 0.15) is 32.9 Å². The molecule has 1 aromatic carbocycles. The molecule has 0 saturated heterocycles. The number of rotatable bonds is 9. The molecule has 0 bridgehead atoms. The first-order chi connectivity index (χ1) is 15.4. The Morgan fingerprint density at radius 2 is 1.59 bits per heavy atom. The lowest BCUT2D eigenvalue weighted by Crippen LogP contribution is -2.42. The second-order valence-corrected chi connectivity index (χ2v) is 10.2. The van der Waals surface area contributed by atoms with Gasteiger partial charge in [-0.3, -0.25) is 30.0 Å². The summed E-state index contributed by atoms with van der Waals surface area (Å²) in [5, 5.41) is 6.15. The molecule has 0 aliphatic heterocycles. The third kappa shape index (κ3) is 6.39. The average molecular weight is 493 g/mol. The summed E-state index contributed by atoms with van der Waals surface area (Å²) in [6, 6.07) is 12.6. The Hall–Kier alpha value is -3.22. The highest BCUT2D eigenvalue weighted by Crippen LogP contribution is 2.22. The summed E-state index contributed by atoms with van der Waals surface area (Å²) >= 11 is 2.38. The van der Waals surface area contributed by atoms with E-state index in [1.54, 1.807) is 41.1 Å². The number of anilines is 1. The van der Waals surface area contributed by atoms with E-state index in [1.165, 1.54) is 29.5 Å². The minimum absolute atomic E-state index is 0.0520. The Morgan fingerprint density at radius 3 is 2.31 bits per heavy atom. The van der Waals surface area contributed by atoms with Gasteiger partial charge in [0.2, 0.25) is 5.91 Å². The molecule has 3 rings (SSSR count). The molecule has 0 saturated carbocycles. The summed E-state index contributed by atoms with van der Waals surface area (Å²) in [6.07, 6.45) is 0.466. The Labute approximate surface area is 192 Å². The van der Waals surface area contributed by atoms with E-state index in [1.807, 2.05) is 0 Å². The maximum absolute atomic E-state index is 12.5. The zero-order chi connectivity index (χ0) is 23.0. The van der Waals surface area contributed by atoms with E-state index in [0.29, 0.717) is 17.8 Å². The largest absolute Gasteiger partial charge is 0.351 e. The van der Waals surface area contributed by atoms with Crippen LogP contribution < -0.4 is 20.9 Å². The molecule has 0 radical (unpaired) electrons. The number of hydrazine groups is 1. The van der Waals surface area contributed by atoms with E-state index in [2.05, 4.69) is 20.9 Å². The van der Waals surface area contributed by atoms with Crippen molar-refractivity contribution in [3.8, 4) is 0 Å². The molecule has 4 N–H and O–H groups in total. The Bertz CT molecular complexity index is 1180. The van der Waals surface area contributed by atoms with Crippen molar-refractivity contribution in [3.63, 3.8) is 0 Å². The number of carbonyl (C=O) groups is 3. The zero-order valence-electron chi connectivity index (χ0n) is 16.7. The first-order valence-corrected chi connectivity index (χ1v) is 12.7. The number of hydrogen-bond acceptors (Lipinski definition) is 7. The van der Waals surface area contributed by atoms with Gasteiger partial charge in [0.1, 0.15) is 4.21 Å². The highest BCUT2D eigenvalue weighted by atomic mass is 32.2. The van der Waals surface area contributed by atoms with Gasteiger partial charge in [0.05, 0.1) is 16.1 Å². The fourth-order valence-corrected chi connectivity index (χ4v) is 5.30. The maximum Gasteiger partial charge on any atom is 0.271 e. The molecular weight excluding hydrogens is 472 g/mol. The number of thiophene rings is 2. The predicted molar refractivity (Wildman–Crippen MR) is 123 cm³/mol. The van der Waals surface area contributed by atoms with Crippen LogP contribution in [0.4, 0.5) is 5.69 Å². The molecule has 2 aromatic heterocycles. The van der Waals surface area contributed by atoms with Crippen LogP contribution in [0.15, 0.2) is 63.5 Å². The van der Waals surface area contributed by atoms with Crippen LogP contribution in [0.3, 0.4) is 0 Å². The Balaban J connectivity index is 1.47. The molecule has 32 heavy (non-hydrogen) atoms. The van der Waals surface area contributed by atoms with Gasteiger partial charge in [-0.25, -0.2) is 8.42 Å². The topological polar surface area (TPSA) is 133 Å². The standard InChI is InChI=1S/C20H20N4O5S3/c25-17(9-3-11-21-20(27)16-8-4-12-30-16)22-23-19(26)14-6-1-2-7-15(14)24-32(28,29)18-10-5-13-31-18/h1-2,4-8,10,12-13,24H,3,9,11H2,(H,21,27)(H,22,25)(H,23,26). The minimum Gasteiger partial charge on any atom is -0.351 e. The fraction of sp³-hybridized carbons (Fsp3) is 0.150. The van der Waals surface area contributed by atoms with Gasteiger partial charge < -0.3 is 5.32 Å². The van der Waals surface area contributed by atoms with Crippen LogP contribution in [0.25, 0.3) is 0 Å². The molecule has 0 aliphatic carbocycles. The summed E-state index contributed by atoms with van der Waals surface area (Å²) in [6.45, 7) is 0.311. The normalized spacial score (nSPS) is 10.9. The van der Waals surface area contributed by atoms with E-state index < -0.39 is 21.8 Å². The number of benzene rings is 1. The summed E-state index contributed by atoms with van der Waals surface area (Å²) < 4.78 is 27.4. The quantitative estimate of drug-likeness (QED) is 0.269. The summed E-state index contributed by atoms with van der Waals surface area (Å²) in [7, 11) is -3.83. The Kier molecular flexibility index (Phi) is 7.98. The van der Waals surface area contributed by atoms with E-state index in [0.717, 1.165) is 11.3 Å². The number of nitrogens with one attached hydrogen (secondary N) is 4. The van der Waals surface area contributed by atoms with Crippen molar-refractivity contribution >= 4 is 56.1 Å². The molecule has 0 spiro atoms. The van der Waals surface area contributed by atoms with E-state index >= 15 is 0 Å². The van der Waals surface area contributed by atoms with Gasteiger partial charge >= 0.3 is 0 Å². The highest BCUT2D eigenvalue weighted by Gasteiger charge is 2.19. The van der Waals surface area contributed by atoms with Gasteiger partial charge in [0.15, 0.2) is 0 Å². The molecule has 3 amide bonds. The highest BCUT2D eigenvalue weighted by molar-refractivity contribution is 7.94. The van der Waals surface area contributed by atoms with Gasteiger partial charge in [-0.2, -0.15) is 0 Å². The van der Waals surface area contributed by atoms with Crippen molar-refractivity contribution in [1.29, 1.82) is 0 Å². The first kappa shape index (κ1) is 23.4. The lowest BCUT2D eigenvalue weighted by molar-refractivity contribution is -0.121. The molecule has 2 heterocycles. The van der Waals surface area contributed by atoms with Crippen molar-refractivity contribution in [3.05, 3.63) is 69.7 Å². The first-order valence-electron chi connectivity index (χ1n) is 9.43. The second kappa shape index (κ2) is 10.9. The number of amides is 3. The van der Waals surface area contributed by atoms with Crippen molar-refractivity contribution in [2.45, 2.75) is 17.1 Å². The van der Waals surface area contributed by atoms with E-state index in [4.69, 9.17) is 0 Å². The molecule has 12 heteroatoms. The van der Waals surface area contributed by atoms with Crippen LogP contribution in [-0.4, -0.2) is 32.7 Å². The van der Waals surface area contributed by atoms with Crippen LogP contribution >= 0.6 is 22.7 Å². The lowest BCUT2D eigenvalue weighted by atomic mass is 10.2. The number of carbonyl (C=O) groups excluding carboxylic acids is 3. The summed E-state index contributed by atoms with van der Waals surface area (Å²) in [5.74, 6) is -1.32. The van der Waals surface area contributed by atoms with Crippen molar-refractivity contribution in [2.24, 2.45) is 0 Å². The third-order valence-corrected chi connectivity index (χ3v) is 7.73. The van der Waals surface area contributed by atoms with Gasteiger partial charge in [-0.1, -0.05) is 24.3 Å². The third-order valence-electron chi connectivity index (χ3n) is 4.10. The van der Waals surface area contributed by atoms with Gasteiger partial charge in [-0.15, -0.1) is 22.7 Å². The second-order valence-electron chi connectivity index (χ2n) is 6.42. The lowest BCUT2D eigenvalue weighted by Gasteiger charge is -2.12. The number of hydrogen-bond donors (Lipinski definition) is 4. The molecule has 0 atom stereocenters. The summed E-state index contributed by atoms with van der Waals surface area (Å²) in [5.41, 5.74) is 4.70.